The molecule has 0 saturated carbocycles. The van der Waals surface area contributed by atoms with Crippen LogP contribution in [-0.4, -0.2) is 9.13 Å². The van der Waals surface area contributed by atoms with E-state index in [4.69, 9.17) is 0 Å². The van der Waals surface area contributed by atoms with Crippen LogP contribution in [0, 0.1) is 28.6 Å². The maximum atomic E-state index is 10.5. The van der Waals surface area contributed by atoms with Gasteiger partial charge in [-0.2, -0.15) is 10.5 Å². The molecule has 0 radical (unpaired) electrons. The van der Waals surface area contributed by atoms with E-state index in [1.165, 1.54) is 27.4 Å². The fraction of sp³-hybridized carbons (Fsp3) is 0.136. The van der Waals surface area contributed by atoms with Crippen LogP contribution in [0.3, 0.4) is 0 Å². The molecule has 3 aliphatic rings. The predicted molar refractivity (Wildman–Crippen MR) is 195 cm³/mol. The number of fused-ring (bicyclic) bond motifs is 6. The number of allylic oxidation sites excluding steroid dienone is 12. The molecular weight excluding hydrogens is 585 g/mol. The van der Waals surface area contributed by atoms with Crippen LogP contribution >= 0.6 is 0 Å². The van der Waals surface area contributed by atoms with Gasteiger partial charge < -0.3 is 9.13 Å². The van der Waals surface area contributed by atoms with Crippen molar-refractivity contribution in [3.63, 3.8) is 0 Å². The molecule has 2 aromatic heterocycles. The minimum absolute atomic E-state index is 0.0481. The molecule has 4 aromatic carbocycles. The normalized spacial score (nSPS) is 20.8. The predicted octanol–water partition coefficient (Wildman–Crippen LogP) is 10.7. The van der Waals surface area contributed by atoms with Crippen molar-refractivity contribution >= 4 is 43.6 Å². The van der Waals surface area contributed by atoms with Gasteiger partial charge in [0.1, 0.15) is 6.07 Å². The molecule has 0 amide bonds. The zero-order valence-corrected chi connectivity index (χ0v) is 26.4. The summed E-state index contributed by atoms with van der Waals surface area (Å²) in [5, 5.41) is 25.4. The van der Waals surface area contributed by atoms with Crippen molar-refractivity contribution < 1.29 is 0 Å². The maximum Gasteiger partial charge on any atom is 0.101 e. The fourth-order valence-electron chi connectivity index (χ4n) is 8.39. The highest BCUT2D eigenvalue weighted by atomic mass is 15.0. The highest BCUT2D eigenvalue weighted by Crippen LogP contribution is 2.46. The van der Waals surface area contributed by atoms with Gasteiger partial charge in [0.15, 0.2) is 0 Å². The van der Waals surface area contributed by atoms with Gasteiger partial charge in [-0.25, -0.2) is 0 Å². The number of aromatic nitrogens is 2. The van der Waals surface area contributed by atoms with Crippen molar-refractivity contribution in [1.29, 1.82) is 10.5 Å². The van der Waals surface area contributed by atoms with E-state index in [1.54, 1.807) is 0 Å². The van der Waals surface area contributed by atoms with E-state index < -0.39 is 0 Å². The molecule has 228 valence electrons. The van der Waals surface area contributed by atoms with Gasteiger partial charge in [-0.05, 0) is 60.2 Å². The number of rotatable bonds is 4. The van der Waals surface area contributed by atoms with Gasteiger partial charge in [-0.15, -0.1) is 0 Å². The van der Waals surface area contributed by atoms with E-state index in [-0.39, 0.29) is 18.0 Å². The van der Waals surface area contributed by atoms with Crippen molar-refractivity contribution in [1.82, 2.24) is 9.13 Å². The van der Waals surface area contributed by atoms with Gasteiger partial charge in [0.05, 0.1) is 34.8 Å². The summed E-state index contributed by atoms with van der Waals surface area (Å²) in [5.74, 6) is 0.0837. The van der Waals surface area contributed by atoms with Gasteiger partial charge in [0.2, 0.25) is 0 Å². The quantitative estimate of drug-likeness (QED) is 0.198. The van der Waals surface area contributed by atoms with E-state index in [0.29, 0.717) is 12.0 Å². The Balaban J connectivity index is 1.19. The molecule has 3 aliphatic carbocycles. The Hall–Kier alpha value is -6.10. The van der Waals surface area contributed by atoms with Crippen LogP contribution < -0.4 is 0 Å². The average Bonchev–Trinajstić information content (AvgIpc) is 3.68. The molecule has 0 saturated heterocycles. The van der Waals surface area contributed by atoms with E-state index in [9.17, 15) is 10.5 Å². The molecule has 48 heavy (non-hydrogen) atoms. The summed E-state index contributed by atoms with van der Waals surface area (Å²) in [6.45, 7) is 0. The Morgan fingerprint density at radius 1 is 0.583 bits per heavy atom. The molecule has 9 rings (SSSR count). The van der Waals surface area contributed by atoms with E-state index in [0.717, 1.165) is 51.4 Å². The largest absolute Gasteiger partial charge is 0.332 e. The average molecular weight is 617 g/mol. The first-order valence-corrected chi connectivity index (χ1v) is 16.7. The molecular formula is C44H32N4. The third-order valence-corrected chi connectivity index (χ3v) is 10.4. The fourth-order valence-corrected chi connectivity index (χ4v) is 8.39. The Morgan fingerprint density at radius 3 is 1.92 bits per heavy atom. The SMILES string of the molecule is N#CC1=CCC(n2c3ccccc3c3cccc(C#N)c32)C=C1C1=CCCC=C1C1C=CC=CC1n1c2ccccc2c2ccccc21. The molecule has 6 aromatic rings. The van der Waals surface area contributed by atoms with Gasteiger partial charge in [0, 0.05) is 44.0 Å². The lowest BCUT2D eigenvalue weighted by Gasteiger charge is -2.33. The van der Waals surface area contributed by atoms with Gasteiger partial charge in [-0.1, -0.05) is 115 Å². The summed E-state index contributed by atoms with van der Waals surface area (Å²) in [5.41, 5.74) is 9.30. The topological polar surface area (TPSA) is 57.4 Å². The number of hydrogen-bond donors (Lipinski definition) is 0. The second kappa shape index (κ2) is 11.3. The van der Waals surface area contributed by atoms with Crippen LogP contribution in [0.25, 0.3) is 43.6 Å². The molecule has 0 bridgehead atoms. The third kappa shape index (κ3) is 4.20. The zero-order chi connectivity index (χ0) is 32.2. The molecule has 4 nitrogen and oxygen atoms in total. The van der Waals surface area contributed by atoms with Crippen LogP contribution in [0.4, 0.5) is 0 Å². The van der Waals surface area contributed by atoms with Crippen molar-refractivity contribution in [2.45, 2.75) is 31.3 Å². The Bertz CT molecular complexity index is 2530. The van der Waals surface area contributed by atoms with Crippen molar-refractivity contribution in [3.8, 4) is 12.1 Å². The number of nitrogens with zero attached hydrogens (tertiary/aromatic N) is 4. The Morgan fingerprint density at radius 2 is 1.21 bits per heavy atom. The summed E-state index contributed by atoms with van der Waals surface area (Å²) in [4.78, 5) is 0. The summed E-state index contributed by atoms with van der Waals surface area (Å²) in [7, 11) is 0. The zero-order valence-electron chi connectivity index (χ0n) is 26.4. The summed E-state index contributed by atoms with van der Waals surface area (Å²) in [6.07, 6.45) is 20.7. The van der Waals surface area contributed by atoms with Gasteiger partial charge >= 0.3 is 0 Å². The van der Waals surface area contributed by atoms with Gasteiger partial charge in [-0.3, -0.25) is 0 Å². The molecule has 3 atom stereocenters. The van der Waals surface area contributed by atoms with Crippen LogP contribution in [0.1, 0.15) is 36.9 Å². The Kier molecular flexibility index (Phi) is 6.63. The minimum Gasteiger partial charge on any atom is -0.332 e. The first-order valence-electron chi connectivity index (χ1n) is 16.7. The van der Waals surface area contributed by atoms with E-state index in [2.05, 4.69) is 149 Å². The smallest absolute Gasteiger partial charge is 0.101 e. The highest BCUT2D eigenvalue weighted by Gasteiger charge is 2.32. The van der Waals surface area contributed by atoms with Crippen molar-refractivity contribution in [3.05, 3.63) is 167 Å². The second-order valence-electron chi connectivity index (χ2n) is 12.9. The van der Waals surface area contributed by atoms with Crippen LogP contribution in [-0.2, 0) is 0 Å². The second-order valence-corrected chi connectivity index (χ2v) is 12.9. The van der Waals surface area contributed by atoms with Crippen LogP contribution in [0.5, 0.6) is 0 Å². The standard InChI is InChI=1S/C44H32N4/c45-27-29-24-25-31(47-40-20-7-6-18-37(40)38-19-11-12-30(28-46)44(38)47)26-39(29)33-14-2-1-13-32(33)34-15-3-8-21-41(34)48-42-22-9-4-16-35(42)36-17-5-10-23-43(36)48/h3-24,26,31,34,41H,1-2,25H2. The van der Waals surface area contributed by atoms with E-state index >= 15 is 0 Å². The summed E-state index contributed by atoms with van der Waals surface area (Å²) < 4.78 is 4.83. The molecule has 4 heteroatoms. The molecule has 0 N–H and O–H groups in total. The van der Waals surface area contributed by atoms with Crippen LogP contribution in [0.15, 0.2) is 162 Å². The van der Waals surface area contributed by atoms with Crippen molar-refractivity contribution in [2.75, 3.05) is 0 Å². The number of benzene rings is 4. The summed E-state index contributed by atoms with van der Waals surface area (Å²) >= 11 is 0. The van der Waals surface area contributed by atoms with Crippen molar-refractivity contribution in [2.24, 2.45) is 5.92 Å². The maximum absolute atomic E-state index is 10.5. The van der Waals surface area contributed by atoms with Gasteiger partial charge in [0.25, 0.3) is 0 Å². The number of para-hydroxylation sites is 4. The van der Waals surface area contributed by atoms with E-state index in [1.807, 2.05) is 12.1 Å². The lowest BCUT2D eigenvalue weighted by molar-refractivity contribution is 0.530. The molecule has 0 fully saturated rings. The molecule has 0 spiro atoms. The minimum atomic E-state index is -0.0481. The summed E-state index contributed by atoms with van der Waals surface area (Å²) in [6, 6.07) is 36.8. The Labute approximate surface area is 279 Å². The highest BCUT2D eigenvalue weighted by molar-refractivity contribution is 6.10. The number of hydrogen-bond acceptors (Lipinski definition) is 2. The first-order chi connectivity index (χ1) is 23.8. The molecule has 2 heterocycles. The lowest BCUT2D eigenvalue weighted by Crippen LogP contribution is -2.22. The number of nitriles is 2. The lowest BCUT2D eigenvalue weighted by atomic mass is 9.76. The first kappa shape index (κ1) is 28.1. The third-order valence-electron chi connectivity index (χ3n) is 10.4. The molecule has 3 unspecified atom stereocenters. The monoisotopic (exact) mass is 616 g/mol. The van der Waals surface area contributed by atoms with Crippen LogP contribution in [0.2, 0.25) is 0 Å². The molecule has 0 aliphatic heterocycles.